The van der Waals surface area contributed by atoms with Crippen LogP contribution in [0, 0.1) is 0 Å². The predicted molar refractivity (Wildman–Crippen MR) is 77.2 cm³/mol. The number of esters is 1. The van der Waals surface area contributed by atoms with Crippen molar-refractivity contribution < 1.29 is 9.53 Å². The highest BCUT2D eigenvalue weighted by molar-refractivity contribution is 7.18. The summed E-state index contributed by atoms with van der Waals surface area (Å²) in [6.07, 6.45) is 0.426. The van der Waals surface area contributed by atoms with Crippen LogP contribution in [0.2, 0.25) is 0 Å². The molecule has 19 heavy (non-hydrogen) atoms. The zero-order valence-electron chi connectivity index (χ0n) is 11.3. The van der Waals surface area contributed by atoms with Gasteiger partial charge in [0.2, 0.25) is 0 Å². The van der Waals surface area contributed by atoms with Crippen molar-refractivity contribution in [1.29, 1.82) is 0 Å². The van der Waals surface area contributed by atoms with Crippen molar-refractivity contribution in [2.75, 3.05) is 20.2 Å². The smallest absolute Gasteiger partial charge is 0.307 e. The Kier molecular flexibility index (Phi) is 4.87. The fraction of sp³-hybridized carbons (Fsp3) is 0.429. The molecule has 0 saturated carbocycles. The van der Waals surface area contributed by atoms with E-state index in [1.165, 1.54) is 4.70 Å². The van der Waals surface area contributed by atoms with Gasteiger partial charge in [-0.2, -0.15) is 0 Å². The van der Waals surface area contributed by atoms with Gasteiger partial charge in [-0.05, 0) is 26.1 Å². The minimum atomic E-state index is -0.140. The topological polar surface area (TPSA) is 42.4 Å². The van der Waals surface area contributed by atoms with E-state index < -0.39 is 0 Å². The van der Waals surface area contributed by atoms with E-state index in [0.29, 0.717) is 19.6 Å². The molecule has 2 aromatic rings. The minimum Gasteiger partial charge on any atom is -0.466 e. The molecule has 0 atom stereocenters. The van der Waals surface area contributed by atoms with Crippen LogP contribution in [0.25, 0.3) is 10.2 Å². The van der Waals surface area contributed by atoms with Crippen molar-refractivity contribution in [3.8, 4) is 0 Å². The third-order valence-electron chi connectivity index (χ3n) is 2.75. The highest BCUT2D eigenvalue weighted by atomic mass is 32.1. The summed E-state index contributed by atoms with van der Waals surface area (Å²) < 4.78 is 6.12. The summed E-state index contributed by atoms with van der Waals surface area (Å²) in [7, 11) is 1.99. The first-order valence-electron chi connectivity index (χ1n) is 6.37. The Hall–Kier alpha value is -1.46. The maximum Gasteiger partial charge on any atom is 0.307 e. The second-order valence-corrected chi connectivity index (χ2v) is 5.48. The molecule has 0 bridgehead atoms. The largest absolute Gasteiger partial charge is 0.466 e. The Balaban J connectivity index is 1.88. The summed E-state index contributed by atoms with van der Waals surface area (Å²) in [5.41, 5.74) is 1.04. The maximum absolute atomic E-state index is 11.3. The second kappa shape index (κ2) is 6.63. The molecule has 1 heterocycles. The zero-order chi connectivity index (χ0) is 13.7. The minimum absolute atomic E-state index is 0.140. The number of carbonyl (C=O) groups excluding carboxylic acids is 1. The predicted octanol–water partition coefficient (Wildman–Crippen LogP) is 2.68. The van der Waals surface area contributed by atoms with Crippen molar-refractivity contribution in [2.45, 2.75) is 19.9 Å². The van der Waals surface area contributed by atoms with Gasteiger partial charge < -0.3 is 4.74 Å². The molecule has 2 rings (SSSR count). The molecule has 0 amide bonds. The van der Waals surface area contributed by atoms with E-state index >= 15 is 0 Å². The normalized spacial score (nSPS) is 11.1. The molecule has 0 radical (unpaired) electrons. The summed E-state index contributed by atoms with van der Waals surface area (Å²) in [6, 6.07) is 8.12. The average molecular weight is 278 g/mol. The van der Waals surface area contributed by atoms with Gasteiger partial charge in [-0.1, -0.05) is 12.1 Å². The third-order valence-corrected chi connectivity index (χ3v) is 3.77. The number of benzene rings is 1. The molecule has 0 aliphatic carbocycles. The van der Waals surface area contributed by atoms with Crippen molar-refractivity contribution in [1.82, 2.24) is 9.88 Å². The summed E-state index contributed by atoms with van der Waals surface area (Å²) in [4.78, 5) is 17.9. The second-order valence-electron chi connectivity index (χ2n) is 4.37. The van der Waals surface area contributed by atoms with Crippen LogP contribution in [0.3, 0.4) is 0 Å². The summed E-state index contributed by atoms with van der Waals surface area (Å²) in [5.74, 6) is -0.140. The molecule has 0 saturated heterocycles. The number of hydrogen-bond donors (Lipinski definition) is 0. The molecule has 4 nitrogen and oxygen atoms in total. The van der Waals surface area contributed by atoms with Crippen LogP contribution < -0.4 is 0 Å². The molecule has 0 unspecified atom stereocenters. The molecule has 0 spiro atoms. The molecule has 0 aliphatic heterocycles. The number of para-hydroxylation sites is 1. The van der Waals surface area contributed by atoms with E-state index in [2.05, 4.69) is 16.0 Å². The number of rotatable bonds is 6. The molecule has 1 aromatic carbocycles. The van der Waals surface area contributed by atoms with Crippen LogP contribution in [0.4, 0.5) is 0 Å². The van der Waals surface area contributed by atoms with Gasteiger partial charge in [0.1, 0.15) is 5.01 Å². The van der Waals surface area contributed by atoms with Crippen molar-refractivity contribution >= 4 is 27.5 Å². The van der Waals surface area contributed by atoms with Crippen LogP contribution in [0.5, 0.6) is 0 Å². The third kappa shape index (κ3) is 4.01. The molecule has 0 N–H and O–H groups in total. The number of hydrogen-bond acceptors (Lipinski definition) is 5. The lowest BCUT2D eigenvalue weighted by atomic mass is 10.3. The number of aromatic nitrogens is 1. The first-order valence-corrected chi connectivity index (χ1v) is 7.19. The lowest BCUT2D eigenvalue weighted by molar-refractivity contribution is -0.143. The Labute approximate surface area is 117 Å². The highest BCUT2D eigenvalue weighted by Gasteiger charge is 2.08. The van der Waals surface area contributed by atoms with Crippen LogP contribution >= 0.6 is 11.3 Å². The number of ether oxygens (including phenoxy) is 1. The van der Waals surface area contributed by atoms with E-state index in [1.807, 2.05) is 32.2 Å². The van der Waals surface area contributed by atoms with E-state index in [9.17, 15) is 4.79 Å². The summed E-state index contributed by atoms with van der Waals surface area (Å²) in [5, 5.41) is 1.08. The van der Waals surface area contributed by atoms with Crippen molar-refractivity contribution in [3.05, 3.63) is 29.3 Å². The van der Waals surface area contributed by atoms with E-state index in [4.69, 9.17) is 4.74 Å². The van der Waals surface area contributed by atoms with Gasteiger partial charge >= 0.3 is 5.97 Å². The fourth-order valence-corrected chi connectivity index (χ4v) is 2.86. The van der Waals surface area contributed by atoms with Crippen LogP contribution in [0.15, 0.2) is 24.3 Å². The summed E-state index contributed by atoms with van der Waals surface area (Å²) >= 11 is 1.70. The standard InChI is InChI=1S/C14H18N2O2S/c1-3-18-14(17)8-9-16(2)10-13-15-11-6-4-5-7-12(11)19-13/h4-7H,3,8-10H2,1-2H3. The van der Waals surface area contributed by atoms with Gasteiger partial charge in [0, 0.05) is 6.54 Å². The van der Waals surface area contributed by atoms with E-state index in [1.54, 1.807) is 11.3 Å². The highest BCUT2D eigenvalue weighted by Crippen LogP contribution is 2.22. The van der Waals surface area contributed by atoms with Crippen LogP contribution in [0.1, 0.15) is 18.4 Å². The van der Waals surface area contributed by atoms with Crippen LogP contribution in [-0.2, 0) is 16.1 Å². The number of thiazole rings is 1. The quantitative estimate of drug-likeness (QED) is 0.762. The SMILES string of the molecule is CCOC(=O)CCN(C)Cc1nc2ccccc2s1. The lowest BCUT2D eigenvalue weighted by Gasteiger charge is -2.13. The van der Waals surface area contributed by atoms with Gasteiger partial charge in [0.15, 0.2) is 0 Å². The first-order chi connectivity index (χ1) is 9.19. The molecular weight excluding hydrogens is 260 g/mol. The van der Waals surface area contributed by atoms with Crippen molar-refractivity contribution in [2.24, 2.45) is 0 Å². The molecule has 0 fully saturated rings. The average Bonchev–Trinajstić information content (AvgIpc) is 2.78. The number of nitrogens with zero attached hydrogens (tertiary/aromatic N) is 2. The fourth-order valence-electron chi connectivity index (χ4n) is 1.81. The van der Waals surface area contributed by atoms with E-state index in [0.717, 1.165) is 17.1 Å². The van der Waals surface area contributed by atoms with Crippen LogP contribution in [-0.4, -0.2) is 36.1 Å². The zero-order valence-corrected chi connectivity index (χ0v) is 12.1. The van der Waals surface area contributed by atoms with Gasteiger partial charge in [0.05, 0.1) is 29.8 Å². The summed E-state index contributed by atoms with van der Waals surface area (Å²) in [6.45, 7) is 3.72. The van der Waals surface area contributed by atoms with Gasteiger partial charge in [0.25, 0.3) is 0 Å². The number of fused-ring (bicyclic) bond motifs is 1. The van der Waals surface area contributed by atoms with Crippen molar-refractivity contribution in [3.63, 3.8) is 0 Å². The number of carbonyl (C=O) groups is 1. The molecular formula is C14H18N2O2S. The van der Waals surface area contributed by atoms with Gasteiger partial charge in [-0.3, -0.25) is 9.69 Å². The lowest BCUT2D eigenvalue weighted by Crippen LogP contribution is -2.22. The Bertz CT molecular complexity index is 520. The molecule has 1 aromatic heterocycles. The van der Waals surface area contributed by atoms with E-state index in [-0.39, 0.29) is 5.97 Å². The molecule has 0 aliphatic rings. The Morgan fingerprint density at radius 1 is 1.42 bits per heavy atom. The monoisotopic (exact) mass is 278 g/mol. The Morgan fingerprint density at radius 3 is 2.95 bits per heavy atom. The van der Waals surface area contributed by atoms with Gasteiger partial charge in [-0.25, -0.2) is 4.98 Å². The Morgan fingerprint density at radius 2 is 2.21 bits per heavy atom. The molecule has 5 heteroatoms. The van der Waals surface area contributed by atoms with Gasteiger partial charge in [-0.15, -0.1) is 11.3 Å². The first kappa shape index (κ1) is 14.0. The molecule has 102 valence electrons. The maximum atomic E-state index is 11.3.